The lowest BCUT2D eigenvalue weighted by molar-refractivity contribution is 0.0852. The van der Waals surface area contributed by atoms with Crippen LogP contribution in [0.4, 0.5) is 0 Å². The Bertz CT molecular complexity index is 572. The Morgan fingerprint density at radius 1 is 0.633 bits per heavy atom. The van der Waals surface area contributed by atoms with E-state index in [4.69, 9.17) is 31.9 Å². The molecule has 180 valence electrons. The van der Waals surface area contributed by atoms with Crippen LogP contribution in [0.3, 0.4) is 0 Å². The zero-order valence-electron chi connectivity index (χ0n) is 17.4. The second-order valence-corrected chi connectivity index (χ2v) is 10.5. The highest BCUT2D eigenvalue weighted by Gasteiger charge is 2.32. The van der Waals surface area contributed by atoms with Crippen molar-refractivity contribution < 1.29 is 59.1 Å². The summed E-state index contributed by atoms with van der Waals surface area (Å²) in [6, 6.07) is 0. The van der Waals surface area contributed by atoms with Gasteiger partial charge in [0, 0.05) is 13.7 Å². The van der Waals surface area contributed by atoms with Crippen molar-refractivity contribution in [2.24, 2.45) is 0 Å². The van der Waals surface area contributed by atoms with Crippen LogP contribution in [0, 0.1) is 0 Å². The molecule has 3 saturated heterocycles. The van der Waals surface area contributed by atoms with Gasteiger partial charge < -0.3 is 4.74 Å². The van der Waals surface area contributed by atoms with Crippen LogP contribution in [-0.4, -0.2) is 73.2 Å². The molecule has 0 atom stereocenters. The number of phosphoric ester groups is 3. The molecular weight excluding hydrogens is 469 g/mol. The summed E-state index contributed by atoms with van der Waals surface area (Å²) >= 11 is 0. The van der Waals surface area contributed by atoms with E-state index in [1.54, 1.807) is 6.92 Å². The Hall–Kier alpha value is 0.290. The van der Waals surface area contributed by atoms with Crippen LogP contribution in [0.5, 0.6) is 0 Å². The molecule has 0 aromatic carbocycles. The van der Waals surface area contributed by atoms with E-state index in [2.05, 4.69) is 13.6 Å². The topological polar surface area (TPSA) is 144 Å². The van der Waals surface area contributed by atoms with E-state index < -0.39 is 23.5 Å². The fourth-order valence-electron chi connectivity index (χ4n) is 1.87. The summed E-state index contributed by atoms with van der Waals surface area (Å²) in [4.78, 5) is 0. The summed E-state index contributed by atoms with van der Waals surface area (Å²) in [5, 5.41) is 0. The number of rotatable bonds is 9. The zero-order valence-corrected chi connectivity index (χ0v) is 20.1. The van der Waals surface area contributed by atoms with E-state index in [9.17, 15) is 13.7 Å². The van der Waals surface area contributed by atoms with E-state index in [0.717, 1.165) is 6.42 Å². The quantitative estimate of drug-likeness (QED) is 0.336. The second-order valence-electron chi connectivity index (χ2n) is 5.39. The van der Waals surface area contributed by atoms with Gasteiger partial charge in [-0.1, -0.05) is 6.92 Å². The molecule has 30 heavy (non-hydrogen) atoms. The molecule has 16 heteroatoms. The van der Waals surface area contributed by atoms with Crippen LogP contribution in [0.25, 0.3) is 0 Å². The van der Waals surface area contributed by atoms with Crippen molar-refractivity contribution in [1.82, 2.24) is 0 Å². The third kappa shape index (κ3) is 11.8. The van der Waals surface area contributed by atoms with E-state index in [0.29, 0.717) is 59.5 Å². The summed E-state index contributed by atoms with van der Waals surface area (Å²) in [7, 11) is -8.02. The lowest BCUT2D eigenvalue weighted by Gasteiger charge is -2.09. The highest BCUT2D eigenvalue weighted by atomic mass is 31.2. The zero-order chi connectivity index (χ0) is 22.3. The lowest BCUT2D eigenvalue weighted by atomic mass is 10.5. The van der Waals surface area contributed by atoms with Gasteiger partial charge in [-0.2, -0.15) is 0 Å². The van der Waals surface area contributed by atoms with Crippen molar-refractivity contribution >= 4 is 23.5 Å². The molecular formula is C14H31O13P3. The van der Waals surface area contributed by atoms with Crippen LogP contribution in [0.2, 0.25) is 0 Å². The van der Waals surface area contributed by atoms with Crippen LogP contribution in [0.1, 0.15) is 20.3 Å². The minimum atomic E-state index is -3.20. The van der Waals surface area contributed by atoms with Crippen molar-refractivity contribution in [3.05, 3.63) is 0 Å². The first kappa shape index (κ1) is 28.3. The summed E-state index contributed by atoms with van der Waals surface area (Å²) in [5.41, 5.74) is 0. The molecule has 0 N–H and O–H groups in total. The minimum Gasteiger partial charge on any atom is -0.379 e. The van der Waals surface area contributed by atoms with Gasteiger partial charge in [-0.05, 0) is 13.3 Å². The Balaban J connectivity index is 0.000000234. The molecule has 0 bridgehead atoms. The lowest BCUT2D eigenvalue weighted by Crippen LogP contribution is -2.03. The first-order valence-corrected chi connectivity index (χ1v) is 13.8. The molecule has 3 fully saturated rings. The van der Waals surface area contributed by atoms with Crippen molar-refractivity contribution in [3.63, 3.8) is 0 Å². The Kier molecular flexibility index (Phi) is 14.3. The van der Waals surface area contributed by atoms with Crippen molar-refractivity contribution in [1.29, 1.82) is 0 Å². The normalized spacial score (nSPS) is 23.3. The summed E-state index contributed by atoms with van der Waals surface area (Å²) in [5.74, 6) is 0. The van der Waals surface area contributed by atoms with Gasteiger partial charge in [0.25, 0.3) is 0 Å². The highest BCUT2D eigenvalue weighted by Crippen LogP contribution is 2.53. The standard InChI is InChI=1S/C7H15O5P.C4H9O4P.C3H7O4P/c1-2-3-9-4-5-10-13(8)11-6-7-12-13;1-2-6-9(5)7-3-4-8-9;1-5-8(4)6-2-3-7-8/h2-7H2,1H3;2-4H2,1H3;2-3H2,1H3. The maximum absolute atomic E-state index is 11.3. The van der Waals surface area contributed by atoms with Gasteiger partial charge in [-0.3, -0.25) is 40.7 Å². The fourth-order valence-corrected chi connectivity index (χ4v) is 5.01. The molecule has 0 aliphatic carbocycles. The van der Waals surface area contributed by atoms with Crippen LogP contribution in [-0.2, 0) is 59.1 Å². The van der Waals surface area contributed by atoms with E-state index in [-0.39, 0.29) is 6.61 Å². The van der Waals surface area contributed by atoms with E-state index >= 15 is 0 Å². The minimum absolute atomic E-state index is 0.247. The van der Waals surface area contributed by atoms with E-state index in [1.165, 1.54) is 7.11 Å². The Morgan fingerprint density at radius 3 is 1.43 bits per heavy atom. The average molecular weight is 500 g/mol. The largest absolute Gasteiger partial charge is 0.475 e. The Morgan fingerprint density at radius 2 is 1.07 bits per heavy atom. The number of ether oxygens (including phenoxy) is 1. The molecule has 0 amide bonds. The first-order chi connectivity index (χ1) is 14.3. The average Bonchev–Trinajstić information content (AvgIpc) is 3.46. The molecule has 13 nitrogen and oxygen atoms in total. The monoisotopic (exact) mass is 500 g/mol. The maximum Gasteiger partial charge on any atom is 0.475 e. The SMILES string of the molecule is CCCOCCOP1(=O)OCCO1.CCOP1(=O)OCCO1.COP1(=O)OCCO1. The molecule has 0 saturated carbocycles. The molecule has 3 aliphatic rings. The predicted octanol–water partition coefficient (Wildman–Crippen LogP) is 3.55. The second kappa shape index (κ2) is 15.2. The van der Waals surface area contributed by atoms with Crippen molar-refractivity contribution in [2.75, 3.05) is 73.2 Å². The molecule has 3 heterocycles. The van der Waals surface area contributed by atoms with Gasteiger partial charge in [-0.25, -0.2) is 13.7 Å². The molecule has 0 spiro atoms. The fraction of sp³-hybridized carbons (Fsp3) is 1.00. The number of phosphoric acid groups is 3. The molecule has 0 unspecified atom stereocenters. The number of hydrogen-bond donors (Lipinski definition) is 0. The summed E-state index contributed by atoms with van der Waals surface area (Å²) in [6.07, 6.45) is 0.963. The third-order valence-electron chi connectivity index (χ3n) is 3.08. The maximum atomic E-state index is 11.3. The molecule has 0 aromatic rings. The van der Waals surface area contributed by atoms with Gasteiger partial charge in [0.1, 0.15) is 0 Å². The van der Waals surface area contributed by atoms with E-state index in [1.807, 2.05) is 6.92 Å². The third-order valence-corrected chi connectivity index (χ3v) is 7.60. The van der Waals surface area contributed by atoms with Gasteiger partial charge in [0.2, 0.25) is 0 Å². The molecule has 3 rings (SSSR count). The van der Waals surface area contributed by atoms with Gasteiger partial charge in [0.05, 0.1) is 59.5 Å². The van der Waals surface area contributed by atoms with Crippen molar-refractivity contribution in [3.8, 4) is 0 Å². The van der Waals surface area contributed by atoms with Gasteiger partial charge in [-0.15, -0.1) is 0 Å². The first-order valence-electron chi connectivity index (χ1n) is 9.40. The number of hydrogen-bond acceptors (Lipinski definition) is 13. The van der Waals surface area contributed by atoms with Crippen LogP contribution < -0.4 is 0 Å². The molecule has 0 radical (unpaired) electrons. The summed E-state index contributed by atoms with van der Waals surface area (Å²) in [6.45, 7) is 7.64. The molecule has 0 aromatic heterocycles. The van der Waals surface area contributed by atoms with Crippen LogP contribution in [0.15, 0.2) is 0 Å². The smallest absolute Gasteiger partial charge is 0.379 e. The van der Waals surface area contributed by atoms with Gasteiger partial charge >= 0.3 is 23.5 Å². The molecule has 3 aliphatic heterocycles. The van der Waals surface area contributed by atoms with Crippen molar-refractivity contribution in [2.45, 2.75) is 20.3 Å². The summed E-state index contributed by atoms with van der Waals surface area (Å²) < 4.78 is 80.3. The highest BCUT2D eigenvalue weighted by molar-refractivity contribution is 7.49. The Labute approximate surface area is 176 Å². The van der Waals surface area contributed by atoms with Gasteiger partial charge in [0.15, 0.2) is 0 Å². The van der Waals surface area contributed by atoms with Crippen LogP contribution >= 0.6 is 23.5 Å². The predicted molar refractivity (Wildman–Crippen MR) is 104 cm³/mol.